The van der Waals surface area contributed by atoms with Crippen molar-refractivity contribution in [2.24, 2.45) is 0 Å². The Bertz CT molecular complexity index is 477. The molecule has 0 saturated carbocycles. The average Bonchev–Trinajstić information content (AvgIpc) is 2.76. The van der Waals surface area contributed by atoms with Crippen LogP contribution in [0.1, 0.15) is 17.3 Å². The van der Waals surface area contributed by atoms with Crippen LogP contribution in [0, 0.1) is 0 Å². The molecule has 0 saturated heterocycles. The van der Waals surface area contributed by atoms with Gasteiger partial charge in [-0.1, -0.05) is 30.3 Å². The predicted octanol–water partition coefficient (Wildman–Crippen LogP) is 2.12. The first kappa shape index (κ1) is 10.4. The number of aromatic nitrogens is 2. The number of hydrogen-bond acceptors (Lipinski definition) is 3. The van der Waals surface area contributed by atoms with Gasteiger partial charge in [0.15, 0.2) is 0 Å². The van der Waals surface area contributed by atoms with Gasteiger partial charge in [-0.15, -0.1) is 5.10 Å². The Morgan fingerprint density at radius 3 is 2.69 bits per heavy atom. The molecule has 1 aromatic heterocycles. The summed E-state index contributed by atoms with van der Waals surface area (Å²) >= 11 is 0. The van der Waals surface area contributed by atoms with E-state index in [1.807, 2.05) is 30.3 Å². The predicted molar refractivity (Wildman–Crippen MR) is 59.3 cm³/mol. The third kappa shape index (κ3) is 2.48. The molecule has 0 radical (unpaired) electrons. The van der Waals surface area contributed by atoms with E-state index >= 15 is 0 Å². The van der Waals surface area contributed by atoms with Gasteiger partial charge in [-0.2, -0.15) is 0 Å². The zero-order chi connectivity index (χ0) is 11.4. The molecule has 0 aliphatic carbocycles. The second-order valence-corrected chi connectivity index (χ2v) is 3.39. The first-order valence-electron chi connectivity index (χ1n) is 4.99. The van der Waals surface area contributed by atoms with Crippen LogP contribution in [-0.4, -0.2) is 15.7 Å². The Morgan fingerprint density at radius 2 is 2.06 bits per heavy atom. The molecule has 0 unspecified atom stereocenters. The van der Waals surface area contributed by atoms with Crippen molar-refractivity contribution in [2.45, 2.75) is 13.5 Å². The lowest BCUT2D eigenvalue weighted by Gasteiger charge is -2.01. The normalized spacial score (nSPS) is 10.1. The quantitative estimate of drug-likeness (QED) is 0.789. The number of carbonyl (C=O) groups is 1. The molecular weight excluding hydrogens is 204 g/mol. The van der Waals surface area contributed by atoms with Gasteiger partial charge in [0.05, 0.1) is 0 Å². The van der Waals surface area contributed by atoms with Crippen LogP contribution in [0.4, 0.5) is 0 Å². The molecule has 0 fully saturated rings. The molecule has 0 atom stereocenters. The molecule has 4 nitrogen and oxygen atoms in total. The van der Waals surface area contributed by atoms with Gasteiger partial charge in [-0.25, -0.2) is 4.68 Å². The first-order chi connectivity index (χ1) is 7.75. The van der Waals surface area contributed by atoms with Crippen LogP contribution in [0.3, 0.4) is 0 Å². The third-order valence-electron chi connectivity index (χ3n) is 2.12. The molecule has 0 spiro atoms. The summed E-state index contributed by atoms with van der Waals surface area (Å²) in [7, 11) is 0. The highest BCUT2D eigenvalue weighted by molar-refractivity contribution is 5.75. The smallest absolute Gasteiger partial charge is 0.243 e. The summed E-state index contributed by atoms with van der Waals surface area (Å²) < 4.78 is 6.69. The highest BCUT2D eigenvalue weighted by atomic mass is 16.5. The number of nitrogens with zero attached hydrogens (tertiary/aromatic N) is 2. The van der Waals surface area contributed by atoms with Gasteiger partial charge in [0.2, 0.25) is 11.8 Å². The molecule has 16 heavy (non-hydrogen) atoms. The van der Waals surface area contributed by atoms with Crippen LogP contribution < -0.4 is 4.74 Å². The van der Waals surface area contributed by atoms with Crippen LogP contribution >= 0.6 is 0 Å². The summed E-state index contributed by atoms with van der Waals surface area (Å²) in [5, 5.41) is 3.97. The van der Waals surface area contributed by atoms with Crippen LogP contribution in [0.2, 0.25) is 0 Å². The minimum absolute atomic E-state index is 0.130. The lowest BCUT2D eigenvalue weighted by molar-refractivity contribution is 0.0918. The van der Waals surface area contributed by atoms with E-state index in [2.05, 4.69) is 5.10 Å². The van der Waals surface area contributed by atoms with E-state index in [0.717, 1.165) is 5.56 Å². The Balaban J connectivity index is 1.97. The molecule has 82 valence electrons. The summed E-state index contributed by atoms with van der Waals surface area (Å²) in [4.78, 5) is 11.0. The Kier molecular flexibility index (Phi) is 3.00. The summed E-state index contributed by atoms with van der Waals surface area (Å²) in [5.74, 6) is 0.327. The number of hydrogen-bond donors (Lipinski definition) is 0. The van der Waals surface area contributed by atoms with Crippen molar-refractivity contribution in [1.82, 2.24) is 9.78 Å². The highest BCUT2D eigenvalue weighted by Crippen LogP contribution is 2.09. The summed E-state index contributed by atoms with van der Waals surface area (Å²) in [5.41, 5.74) is 1.07. The Hall–Kier alpha value is -2.10. The van der Waals surface area contributed by atoms with Crippen molar-refractivity contribution in [3.8, 4) is 5.88 Å². The van der Waals surface area contributed by atoms with Gasteiger partial charge in [0.25, 0.3) is 0 Å². The van der Waals surface area contributed by atoms with Crippen molar-refractivity contribution in [2.75, 3.05) is 0 Å². The Labute approximate surface area is 93.5 Å². The van der Waals surface area contributed by atoms with Gasteiger partial charge < -0.3 is 4.74 Å². The standard InChI is InChI=1S/C12H12N2O2/c1-10(15)14-8-7-12(13-14)16-9-11-5-3-2-4-6-11/h2-8H,9H2,1H3. The molecule has 2 aromatic rings. The topological polar surface area (TPSA) is 44.1 Å². The number of benzene rings is 1. The fourth-order valence-corrected chi connectivity index (χ4v) is 1.29. The first-order valence-corrected chi connectivity index (χ1v) is 4.99. The Morgan fingerprint density at radius 1 is 1.31 bits per heavy atom. The highest BCUT2D eigenvalue weighted by Gasteiger charge is 2.02. The molecule has 4 heteroatoms. The van der Waals surface area contributed by atoms with Gasteiger partial charge in [0.1, 0.15) is 6.61 Å². The molecule has 2 rings (SSSR count). The lowest BCUT2D eigenvalue weighted by atomic mass is 10.2. The molecule has 0 N–H and O–H groups in total. The molecule has 0 aliphatic heterocycles. The van der Waals surface area contributed by atoms with Crippen molar-refractivity contribution in [3.05, 3.63) is 48.2 Å². The maximum absolute atomic E-state index is 11.0. The largest absolute Gasteiger partial charge is 0.472 e. The van der Waals surface area contributed by atoms with Gasteiger partial charge >= 0.3 is 0 Å². The fourth-order valence-electron chi connectivity index (χ4n) is 1.29. The molecule has 0 amide bonds. The minimum atomic E-state index is -0.130. The van der Waals surface area contributed by atoms with E-state index in [4.69, 9.17) is 4.74 Å². The molecule has 1 aromatic carbocycles. The number of ether oxygens (including phenoxy) is 1. The SMILES string of the molecule is CC(=O)n1ccc(OCc2ccccc2)n1. The van der Waals surface area contributed by atoms with E-state index in [-0.39, 0.29) is 5.91 Å². The third-order valence-corrected chi connectivity index (χ3v) is 2.12. The van der Waals surface area contributed by atoms with Gasteiger partial charge in [0, 0.05) is 19.2 Å². The van der Waals surface area contributed by atoms with Crippen molar-refractivity contribution >= 4 is 5.91 Å². The zero-order valence-electron chi connectivity index (χ0n) is 8.96. The van der Waals surface area contributed by atoms with Gasteiger partial charge in [-0.3, -0.25) is 4.79 Å². The van der Waals surface area contributed by atoms with Crippen molar-refractivity contribution in [1.29, 1.82) is 0 Å². The maximum Gasteiger partial charge on any atom is 0.243 e. The average molecular weight is 216 g/mol. The van der Waals surface area contributed by atoms with Crippen molar-refractivity contribution < 1.29 is 9.53 Å². The zero-order valence-corrected chi connectivity index (χ0v) is 8.96. The van der Waals surface area contributed by atoms with Crippen LogP contribution in [0.15, 0.2) is 42.6 Å². The van der Waals surface area contributed by atoms with Gasteiger partial charge in [-0.05, 0) is 5.56 Å². The van der Waals surface area contributed by atoms with E-state index in [0.29, 0.717) is 12.5 Å². The van der Waals surface area contributed by atoms with E-state index in [1.54, 1.807) is 12.3 Å². The van der Waals surface area contributed by atoms with E-state index < -0.39 is 0 Å². The molecule has 1 heterocycles. The summed E-state index contributed by atoms with van der Waals surface area (Å²) in [6, 6.07) is 11.5. The number of carbonyl (C=O) groups excluding carboxylic acids is 1. The molecule has 0 aliphatic rings. The van der Waals surface area contributed by atoms with Crippen LogP contribution in [-0.2, 0) is 6.61 Å². The monoisotopic (exact) mass is 216 g/mol. The maximum atomic E-state index is 11.0. The fraction of sp³-hybridized carbons (Fsp3) is 0.167. The summed E-state index contributed by atoms with van der Waals surface area (Å²) in [6.45, 7) is 1.91. The van der Waals surface area contributed by atoms with Crippen LogP contribution in [0.25, 0.3) is 0 Å². The van der Waals surface area contributed by atoms with Crippen molar-refractivity contribution in [3.63, 3.8) is 0 Å². The number of rotatable bonds is 3. The minimum Gasteiger partial charge on any atom is -0.472 e. The van der Waals surface area contributed by atoms with E-state index in [1.165, 1.54) is 11.6 Å². The second-order valence-electron chi connectivity index (χ2n) is 3.39. The summed E-state index contributed by atoms with van der Waals surface area (Å²) in [6.07, 6.45) is 1.59. The van der Waals surface area contributed by atoms with E-state index in [9.17, 15) is 4.79 Å². The van der Waals surface area contributed by atoms with Crippen LogP contribution in [0.5, 0.6) is 5.88 Å². The molecule has 0 bridgehead atoms. The lowest BCUT2D eigenvalue weighted by Crippen LogP contribution is -2.06. The molecular formula is C12H12N2O2. The second kappa shape index (κ2) is 4.61.